The third kappa shape index (κ3) is 11.5. The van der Waals surface area contributed by atoms with Crippen LogP contribution in [0.3, 0.4) is 0 Å². The summed E-state index contributed by atoms with van der Waals surface area (Å²) < 4.78 is 0. The molecule has 3 aromatic rings. The van der Waals surface area contributed by atoms with Gasteiger partial charge in [-0.1, -0.05) is 91.0 Å². The van der Waals surface area contributed by atoms with Crippen molar-refractivity contribution in [1.29, 1.82) is 0 Å². The molecule has 6 rings (SSSR count). The van der Waals surface area contributed by atoms with Crippen LogP contribution >= 0.6 is 0 Å². The van der Waals surface area contributed by atoms with Gasteiger partial charge in [0.05, 0.1) is 17.3 Å². The maximum atomic E-state index is 11.8. The Hall–Kier alpha value is -4.71. The number of hydrogen-bond donors (Lipinski definition) is 1. The molecule has 3 aliphatic carbocycles. The molecule has 3 aliphatic rings. The van der Waals surface area contributed by atoms with Crippen LogP contribution in [0.2, 0.25) is 0 Å². The number of benzene rings is 3. The number of carbonyl (C=O) groups is 5. The number of rotatable bonds is 5. The van der Waals surface area contributed by atoms with Gasteiger partial charge in [0, 0.05) is 50.5 Å². The Bertz CT molecular complexity index is 1560. The number of Topliss-reactive ketones (excluding diaryl/α,β-unsaturated/α-hetero) is 5. The molecule has 0 spiro atoms. The van der Waals surface area contributed by atoms with Gasteiger partial charge in [0.2, 0.25) is 0 Å². The predicted molar refractivity (Wildman–Crippen MR) is 188 cm³/mol. The minimum atomic E-state index is -0.384. The van der Waals surface area contributed by atoms with E-state index >= 15 is 0 Å². The van der Waals surface area contributed by atoms with Gasteiger partial charge < -0.3 is 5.11 Å². The van der Waals surface area contributed by atoms with Gasteiger partial charge in [0.25, 0.3) is 0 Å². The Kier molecular flexibility index (Phi) is 14.4. The maximum Gasteiger partial charge on any atom is 0.166 e. The summed E-state index contributed by atoms with van der Waals surface area (Å²) in [7, 11) is 0. The van der Waals surface area contributed by atoms with E-state index in [4.69, 9.17) is 0 Å². The molecule has 48 heavy (non-hydrogen) atoms. The summed E-state index contributed by atoms with van der Waals surface area (Å²) in [5.74, 6) is 0.269. The SMILES string of the molecule is O=C1CCCCC(=O)C1=Cc1ccccc1.O=C1CCCCC(=O)C1Cc1ccccc1.O=C1CCCCC(O)=C1Cc1ccccc1. The number of hydrogen-bond acceptors (Lipinski definition) is 6. The van der Waals surface area contributed by atoms with Gasteiger partial charge in [-0.05, 0) is 67.7 Å². The normalized spacial score (nSPS) is 17.7. The average Bonchev–Trinajstić information content (AvgIpc) is 3.45. The summed E-state index contributed by atoms with van der Waals surface area (Å²) >= 11 is 0. The molecule has 6 nitrogen and oxygen atoms in total. The van der Waals surface area contributed by atoms with E-state index in [2.05, 4.69) is 0 Å². The van der Waals surface area contributed by atoms with Crippen molar-refractivity contribution in [1.82, 2.24) is 0 Å². The number of allylic oxidation sites excluding steroid dienone is 3. The van der Waals surface area contributed by atoms with Gasteiger partial charge in [-0.3, -0.25) is 24.0 Å². The summed E-state index contributed by atoms with van der Waals surface area (Å²) in [6, 6.07) is 29.1. The lowest BCUT2D eigenvalue weighted by molar-refractivity contribution is -0.132. The molecule has 2 saturated carbocycles. The van der Waals surface area contributed by atoms with Crippen LogP contribution in [0.4, 0.5) is 0 Å². The molecule has 3 aromatic carbocycles. The van der Waals surface area contributed by atoms with Crippen molar-refractivity contribution >= 4 is 35.0 Å². The lowest BCUT2D eigenvalue weighted by atomic mass is 9.90. The van der Waals surface area contributed by atoms with Crippen LogP contribution in [0.5, 0.6) is 0 Å². The number of aliphatic hydroxyl groups is 1. The zero-order valence-corrected chi connectivity index (χ0v) is 27.7. The van der Waals surface area contributed by atoms with Crippen LogP contribution in [0, 0.1) is 5.92 Å². The van der Waals surface area contributed by atoms with Gasteiger partial charge in [-0.25, -0.2) is 0 Å². The standard InChI is InChI=1S/2C14H16O2.C14H14O2/c3*15-13-8-4-5-9-14(16)12(13)10-11-6-2-1-3-7-11/h1-3,6-7,15H,4-5,8-10H2;1-3,6-7,12H,4-5,8-10H2;1-3,6-7,10H,4-5,8-9H2. The first-order valence-electron chi connectivity index (χ1n) is 17.2. The Morgan fingerprint density at radius 1 is 0.521 bits per heavy atom. The first-order chi connectivity index (χ1) is 23.3. The number of carbonyl (C=O) groups excluding carboxylic acids is 5. The van der Waals surface area contributed by atoms with Crippen molar-refractivity contribution in [2.75, 3.05) is 0 Å². The van der Waals surface area contributed by atoms with Gasteiger partial charge in [-0.2, -0.15) is 0 Å². The molecule has 0 heterocycles. The summed E-state index contributed by atoms with van der Waals surface area (Å²) in [6.45, 7) is 0. The lowest BCUT2D eigenvalue weighted by Crippen LogP contribution is -2.24. The highest BCUT2D eigenvalue weighted by Crippen LogP contribution is 2.23. The van der Waals surface area contributed by atoms with E-state index in [1.165, 1.54) is 0 Å². The fraction of sp³-hybridized carbons (Fsp3) is 0.357. The molecular formula is C42H46O6. The topological polar surface area (TPSA) is 106 Å². The highest BCUT2D eigenvalue weighted by Gasteiger charge is 2.28. The quantitative estimate of drug-likeness (QED) is 0.129. The zero-order chi connectivity index (χ0) is 34.1. The zero-order valence-electron chi connectivity index (χ0n) is 27.7. The van der Waals surface area contributed by atoms with Crippen LogP contribution in [-0.2, 0) is 36.8 Å². The van der Waals surface area contributed by atoms with E-state index in [0.717, 1.165) is 55.2 Å². The van der Waals surface area contributed by atoms with Crippen LogP contribution in [0.15, 0.2) is 108 Å². The van der Waals surface area contributed by atoms with Crippen LogP contribution < -0.4 is 0 Å². The first kappa shape index (κ1) is 36.1. The second-order valence-corrected chi connectivity index (χ2v) is 12.6. The van der Waals surface area contributed by atoms with E-state index in [-0.39, 0.29) is 34.8 Å². The third-order valence-corrected chi connectivity index (χ3v) is 8.90. The summed E-state index contributed by atoms with van der Waals surface area (Å²) in [5.41, 5.74) is 4.07. The molecule has 0 aliphatic heterocycles. The Morgan fingerprint density at radius 2 is 0.958 bits per heavy atom. The molecule has 0 bridgehead atoms. The van der Waals surface area contributed by atoms with Crippen LogP contribution in [-0.4, -0.2) is 34.0 Å². The molecule has 0 atom stereocenters. The molecule has 250 valence electrons. The predicted octanol–water partition coefficient (Wildman–Crippen LogP) is 8.52. The Morgan fingerprint density at radius 3 is 1.50 bits per heavy atom. The third-order valence-electron chi connectivity index (χ3n) is 8.90. The monoisotopic (exact) mass is 646 g/mol. The second kappa shape index (κ2) is 19.2. The summed E-state index contributed by atoms with van der Waals surface area (Å²) in [5, 5.41) is 9.84. The largest absolute Gasteiger partial charge is 0.512 e. The summed E-state index contributed by atoms with van der Waals surface area (Å²) in [4.78, 5) is 58.9. The van der Waals surface area contributed by atoms with E-state index in [0.29, 0.717) is 68.3 Å². The van der Waals surface area contributed by atoms with Crippen molar-refractivity contribution in [3.63, 3.8) is 0 Å². The molecule has 0 aromatic heterocycles. The molecule has 2 fully saturated rings. The smallest absolute Gasteiger partial charge is 0.166 e. The van der Waals surface area contributed by atoms with E-state index in [9.17, 15) is 29.1 Å². The molecule has 0 saturated heterocycles. The van der Waals surface area contributed by atoms with Crippen molar-refractivity contribution in [3.05, 3.63) is 125 Å². The minimum Gasteiger partial charge on any atom is -0.512 e. The second-order valence-electron chi connectivity index (χ2n) is 12.6. The fourth-order valence-electron chi connectivity index (χ4n) is 6.12. The number of ketones is 5. The highest BCUT2D eigenvalue weighted by molar-refractivity contribution is 6.23. The van der Waals surface area contributed by atoms with E-state index < -0.39 is 0 Å². The average molecular weight is 647 g/mol. The van der Waals surface area contributed by atoms with Gasteiger partial charge in [0.15, 0.2) is 17.3 Å². The van der Waals surface area contributed by atoms with Crippen molar-refractivity contribution in [2.24, 2.45) is 5.92 Å². The first-order valence-corrected chi connectivity index (χ1v) is 17.2. The van der Waals surface area contributed by atoms with Crippen molar-refractivity contribution in [2.45, 2.75) is 89.9 Å². The fourth-order valence-corrected chi connectivity index (χ4v) is 6.12. The van der Waals surface area contributed by atoms with E-state index in [1.54, 1.807) is 6.08 Å². The van der Waals surface area contributed by atoms with Crippen LogP contribution in [0.1, 0.15) is 93.7 Å². The minimum absolute atomic E-state index is 0.00801. The lowest BCUT2D eigenvalue weighted by Gasteiger charge is -2.11. The molecule has 6 heteroatoms. The van der Waals surface area contributed by atoms with Gasteiger partial charge in [-0.15, -0.1) is 0 Å². The van der Waals surface area contributed by atoms with Crippen molar-refractivity contribution in [3.8, 4) is 0 Å². The maximum absolute atomic E-state index is 11.8. The molecule has 0 radical (unpaired) electrons. The Labute approximate surface area is 284 Å². The van der Waals surface area contributed by atoms with Gasteiger partial charge >= 0.3 is 0 Å². The molecular weight excluding hydrogens is 600 g/mol. The highest BCUT2D eigenvalue weighted by atomic mass is 16.3. The Balaban J connectivity index is 0.000000163. The van der Waals surface area contributed by atoms with Gasteiger partial charge in [0.1, 0.15) is 11.6 Å². The number of aliphatic hydroxyl groups excluding tert-OH is 1. The molecule has 0 amide bonds. The van der Waals surface area contributed by atoms with Crippen LogP contribution in [0.25, 0.3) is 6.08 Å². The van der Waals surface area contributed by atoms with E-state index in [1.807, 2.05) is 91.0 Å². The molecule has 0 unspecified atom stereocenters. The summed E-state index contributed by atoms with van der Waals surface area (Å²) in [6.07, 6.45) is 11.4. The molecule has 1 N–H and O–H groups in total. The van der Waals surface area contributed by atoms with Crippen molar-refractivity contribution < 1.29 is 29.1 Å².